The minimum Gasteiger partial charge on any atom is -0.374 e. The molecule has 1 aromatic carbocycles. The van der Waals surface area contributed by atoms with Crippen LogP contribution >= 0.6 is 11.3 Å². The van der Waals surface area contributed by atoms with E-state index in [9.17, 15) is 9.18 Å². The minimum absolute atomic E-state index is 0.187. The maximum Gasteiger partial charge on any atom is 0.248 e. The molecular formula is C13H15FN4OS. The Morgan fingerprint density at radius 1 is 1.35 bits per heavy atom. The highest BCUT2D eigenvalue weighted by Crippen LogP contribution is 2.16. The summed E-state index contributed by atoms with van der Waals surface area (Å²) in [5.74, 6) is -0.495. The summed E-state index contributed by atoms with van der Waals surface area (Å²) in [6.45, 7) is 3.72. The van der Waals surface area contributed by atoms with Crippen LogP contribution in [0.3, 0.4) is 0 Å². The highest BCUT2D eigenvalue weighted by atomic mass is 32.1. The van der Waals surface area contributed by atoms with Gasteiger partial charge in [-0.05, 0) is 37.6 Å². The molecule has 0 bridgehead atoms. The van der Waals surface area contributed by atoms with Crippen molar-refractivity contribution in [3.8, 4) is 0 Å². The molecule has 1 atom stereocenters. The molecule has 20 heavy (non-hydrogen) atoms. The van der Waals surface area contributed by atoms with Crippen LogP contribution in [-0.4, -0.2) is 22.1 Å². The minimum atomic E-state index is -0.412. The van der Waals surface area contributed by atoms with Gasteiger partial charge in [-0.15, -0.1) is 10.2 Å². The molecule has 1 amide bonds. The van der Waals surface area contributed by atoms with Crippen LogP contribution in [0.15, 0.2) is 24.3 Å². The van der Waals surface area contributed by atoms with Gasteiger partial charge in [0.05, 0.1) is 0 Å². The molecule has 5 nitrogen and oxygen atoms in total. The second-order valence-electron chi connectivity index (χ2n) is 4.23. The van der Waals surface area contributed by atoms with Crippen molar-refractivity contribution in [1.82, 2.24) is 10.2 Å². The highest BCUT2D eigenvalue weighted by Gasteiger charge is 2.17. The first-order valence-electron chi connectivity index (χ1n) is 6.21. The summed E-state index contributed by atoms with van der Waals surface area (Å²) >= 11 is 1.32. The maximum atomic E-state index is 12.8. The number of aryl methyl sites for hydroxylation is 1. The first-order chi connectivity index (χ1) is 9.58. The lowest BCUT2D eigenvalue weighted by Crippen LogP contribution is -2.34. The van der Waals surface area contributed by atoms with Crippen molar-refractivity contribution in [3.05, 3.63) is 35.1 Å². The SMILES string of the molecule is CC[C@@H](Nc1ccc(F)cc1)C(=O)Nc1nnc(C)s1. The molecule has 0 aliphatic heterocycles. The standard InChI is InChI=1S/C13H15FN4OS/c1-3-11(15-10-6-4-9(14)5-7-10)12(19)16-13-18-17-8(2)20-13/h4-7,11,15H,3H2,1-2H3,(H,16,18,19)/t11-/m1/s1. The van der Waals surface area contributed by atoms with Gasteiger partial charge >= 0.3 is 0 Å². The highest BCUT2D eigenvalue weighted by molar-refractivity contribution is 7.15. The van der Waals surface area contributed by atoms with Gasteiger partial charge in [0, 0.05) is 5.69 Å². The summed E-state index contributed by atoms with van der Waals surface area (Å²) in [5.41, 5.74) is 0.696. The molecule has 1 aromatic heterocycles. The van der Waals surface area contributed by atoms with Crippen LogP contribution in [0.1, 0.15) is 18.4 Å². The van der Waals surface area contributed by atoms with Crippen LogP contribution in [-0.2, 0) is 4.79 Å². The third-order valence-electron chi connectivity index (χ3n) is 2.67. The number of nitrogens with one attached hydrogen (secondary N) is 2. The third-order valence-corrected chi connectivity index (χ3v) is 3.42. The van der Waals surface area contributed by atoms with E-state index in [1.165, 1.54) is 23.5 Å². The van der Waals surface area contributed by atoms with E-state index in [1.54, 1.807) is 12.1 Å². The summed E-state index contributed by atoms with van der Waals surface area (Å²) in [5, 5.41) is 14.7. The van der Waals surface area contributed by atoms with Crippen molar-refractivity contribution in [2.24, 2.45) is 0 Å². The topological polar surface area (TPSA) is 66.9 Å². The van der Waals surface area contributed by atoms with Gasteiger partial charge in [-0.3, -0.25) is 10.1 Å². The van der Waals surface area contributed by atoms with Gasteiger partial charge in [0.25, 0.3) is 0 Å². The molecule has 7 heteroatoms. The number of aromatic nitrogens is 2. The second kappa shape index (κ2) is 6.42. The van der Waals surface area contributed by atoms with Gasteiger partial charge in [0.1, 0.15) is 16.9 Å². The Kier molecular flexibility index (Phi) is 4.62. The molecule has 2 aromatic rings. The predicted molar refractivity (Wildman–Crippen MR) is 77.4 cm³/mol. The van der Waals surface area contributed by atoms with Crippen molar-refractivity contribution in [2.45, 2.75) is 26.3 Å². The van der Waals surface area contributed by atoms with Gasteiger partial charge in [0.15, 0.2) is 0 Å². The molecule has 0 saturated carbocycles. The number of halogens is 1. The Morgan fingerprint density at radius 3 is 2.60 bits per heavy atom. The quantitative estimate of drug-likeness (QED) is 0.890. The van der Waals surface area contributed by atoms with E-state index < -0.39 is 6.04 Å². The van der Waals surface area contributed by atoms with Gasteiger partial charge in [-0.25, -0.2) is 4.39 Å². The number of hydrogen-bond donors (Lipinski definition) is 2. The number of anilines is 2. The summed E-state index contributed by atoms with van der Waals surface area (Å²) in [6.07, 6.45) is 0.598. The van der Waals surface area contributed by atoms with Crippen molar-refractivity contribution < 1.29 is 9.18 Å². The fraction of sp³-hybridized carbons (Fsp3) is 0.308. The smallest absolute Gasteiger partial charge is 0.248 e. The van der Waals surface area contributed by atoms with E-state index in [0.29, 0.717) is 17.2 Å². The number of amides is 1. The van der Waals surface area contributed by atoms with Gasteiger partial charge in [-0.2, -0.15) is 0 Å². The Balaban J connectivity index is 2.00. The van der Waals surface area contributed by atoms with E-state index in [2.05, 4.69) is 20.8 Å². The summed E-state index contributed by atoms with van der Waals surface area (Å²) in [6, 6.07) is 5.48. The van der Waals surface area contributed by atoms with Gasteiger partial charge in [-0.1, -0.05) is 18.3 Å². The number of carbonyl (C=O) groups excluding carboxylic acids is 1. The van der Waals surface area contributed by atoms with Crippen LogP contribution in [0.2, 0.25) is 0 Å². The van der Waals surface area contributed by atoms with Crippen LogP contribution in [0.25, 0.3) is 0 Å². The molecular weight excluding hydrogens is 279 g/mol. The zero-order valence-corrected chi connectivity index (χ0v) is 12.0. The zero-order valence-electron chi connectivity index (χ0n) is 11.2. The molecule has 1 heterocycles. The van der Waals surface area contributed by atoms with Crippen molar-refractivity contribution in [2.75, 3.05) is 10.6 Å². The summed E-state index contributed by atoms with van der Waals surface area (Å²) in [7, 11) is 0. The molecule has 2 rings (SSSR count). The monoisotopic (exact) mass is 294 g/mol. The van der Waals surface area contributed by atoms with Crippen molar-refractivity contribution in [1.29, 1.82) is 0 Å². The molecule has 0 saturated heterocycles. The summed E-state index contributed by atoms with van der Waals surface area (Å²) < 4.78 is 12.8. The molecule has 0 aliphatic rings. The largest absolute Gasteiger partial charge is 0.374 e. The third kappa shape index (κ3) is 3.74. The van der Waals surface area contributed by atoms with E-state index in [-0.39, 0.29) is 11.7 Å². The Morgan fingerprint density at radius 2 is 2.05 bits per heavy atom. The van der Waals surface area contributed by atoms with E-state index >= 15 is 0 Å². The van der Waals surface area contributed by atoms with Gasteiger partial charge < -0.3 is 5.32 Å². The van der Waals surface area contributed by atoms with E-state index in [1.807, 2.05) is 13.8 Å². The predicted octanol–water partition coefficient (Wildman–Crippen LogP) is 2.81. The van der Waals surface area contributed by atoms with E-state index in [4.69, 9.17) is 0 Å². The molecule has 0 radical (unpaired) electrons. The number of hydrogen-bond acceptors (Lipinski definition) is 5. The zero-order chi connectivity index (χ0) is 14.5. The molecule has 2 N–H and O–H groups in total. The normalized spacial score (nSPS) is 11.9. The average Bonchev–Trinajstić information content (AvgIpc) is 2.83. The van der Waals surface area contributed by atoms with Crippen LogP contribution in [0.4, 0.5) is 15.2 Å². The Labute approximate surface area is 120 Å². The van der Waals surface area contributed by atoms with Crippen LogP contribution in [0.5, 0.6) is 0 Å². The van der Waals surface area contributed by atoms with Crippen LogP contribution < -0.4 is 10.6 Å². The molecule has 0 spiro atoms. The molecule has 0 aliphatic carbocycles. The van der Waals surface area contributed by atoms with E-state index in [0.717, 1.165) is 5.01 Å². The number of rotatable bonds is 5. The second-order valence-corrected chi connectivity index (χ2v) is 5.41. The Bertz CT molecular complexity index is 584. The summed E-state index contributed by atoms with van der Waals surface area (Å²) in [4.78, 5) is 12.1. The van der Waals surface area contributed by atoms with Crippen molar-refractivity contribution in [3.63, 3.8) is 0 Å². The molecule has 0 unspecified atom stereocenters. The lowest BCUT2D eigenvalue weighted by Gasteiger charge is -2.16. The average molecular weight is 294 g/mol. The fourth-order valence-corrected chi connectivity index (χ4v) is 2.23. The van der Waals surface area contributed by atoms with Crippen molar-refractivity contribution >= 4 is 28.1 Å². The first-order valence-corrected chi connectivity index (χ1v) is 7.03. The Hall–Kier alpha value is -2.02. The first kappa shape index (κ1) is 14.4. The molecule has 0 fully saturated rings. The number of benzene rings is 1. The maximum absolute atomic E-state index is 12.8. The lowest BCUT2D eigenvalue weighted by molar-refractivity contribution is -0.117. The van der Waals surface area contributed by atoms with Gasteiger partial charge in [0.2, 0.25) is 11.0 Å². The van der Waals surface area contributed by atoms with Crippen LogP contribution in [0, 0.1) is 12.7 Å². The molecule has 106 valence electrons. The number of nitrogens with zero attached hydrogens (tertiary/aromatic N) is 2. The lowest BCUT2D eigenvalue weighted by atomic mass is 10.2. The number of carbonyl (C=O) groups is 1. The fourth-order valence-electron chi connectivity index (χ4n) is 1.64.